The minimum atomic E-state index is 0.0134. The van der Waals surface area contributed by atoms with Crippen LogP contribution in [0.2, 0.25) is 0 Å². The van der Waals surface area contributed by atoms with Crippen LogP contribution in [-0.4, -0.2) is 53.5 Å². The second kappa shape index (κ2) is 5.11. The molecule has 1 fully saturated rings. The zero-order chi connectivity index (χ0) is 13.3. The van der Waals surface area contributed by atoms with Crippen molar-refractivity contribution in [3.05, 3.63) is 5.82 Å². The fraction of sp³-hybridized carbons (Fsp3) is 0.833. The van der Waals surface area contributed by atoms with E-state index in [2.05, 4.69) is 47.0 Å². The van der Waals surface area contributed by atoms with Crippen LogP contribution in [0.5, 0.6) is 0 Å². The summed E-state index contributed by atoms with van der Waals surface area (Å²) in [5, 5.41) is 1.02. The Kier molecular flexibility index (Phi) is 3.89. The van der Waals surface area contributed by atoms with Crippen molar-refractivity contribution in [2.45, 2.75) is 32.2 Å². The lowest BCUT2D eigenvalue weighted by molar-refractivity contribution is 0.269. The Morgan fingerprint density at radius 2 is 2.11 bits per heavy atom. The van der Waals surface area contributed by atoms with E-state index in [1.54, 1.807) is 0 Å². The number of aromatic nitrogens is 2. The van der Waals surface area contributed by atoms with Crippen LogP contribution in [0.1, 0.15) is 26.6 Å². The number of hydrogen-bond donors (Lipinski definition) is 1. The van der Waals surface area contributed by atoms with Crippen molar-refractivity contribution >= 4 is 16.7 Å². The van der Waals surface area contributed by atoms with Gasteiger partial charge in [-0.15, -0.1) is 0 Å². The molecule has 1 saturated heterocycles. The molecule has 2 heterocycles. The number of rotatable bonds is 2. The lowest BCUT2D eigenvalue weighted by Gasteiger charge is -2.39. The third-order valence-corrected chi connectivity index (χ3v) is 4.04. The molecule has 0 saturated carbocycles. The number of nitrogens with two attached hydrogens (primary N) is 1. The molecule has 0 aliphatic carbocycles. The van der Waals surface area contributed by atoms with Crippen molar-refractivity contribution in [2.75, 3.05) is 38.1 Å². The molecule has 0 spiro atoms. The maximum absolute atomic E-state index is 5.87. The molecule has 1 aromatic rings. The first kappa shape index (κ1) is 13.7. The van der Waals surface area contributed by atoms with Gasteiger partial charge in [-0.25, -0.2) is 4.98 Å². The summed E-state index contributed by atoms with van der Waals surface area (Å²) in [5.41, 5.74) is 5.89. The van der Waals surface area contributed by atoms with Gasteiger partial charge in [0.2, 0.25) is 5.13 Å². The summed E-state index contributed by atoms with van der Waals surface area (Å²) in [5.74, 6) is 0.928. The lowest BCUT2D eigenvalue weighted by atomic mass is 9.96. The van der Waals surface area contributed by atoms with Crippen LogP contribution in [0.4, 0.5) is 5.13 Å². The molecule has 0 aromatic carbocycles. The number of hydrogen-bond acceptors (Lipinski definition) is 6. The van der Waals surface area contributed by atoms with E-state index in [1.807, 2.05) is 0 Å². The highest BCUT2D eigenvalue weighted by atomic mass is 32.1. The highest BCUT2D eigenvalue weighted by molar-refractivity contribution is 7.09. The summed E-state index contributed by atoms with van der Waals surface area (Å²) < 4.78 is 4.48. The zero-order valence-corrected chi connectivity index (χ0v) is 12.5. The Hall–Kier alpha value is -0.720. The average Bonchev–Trinajstić information content (AvgIpc) is 2.77. The molecule has 5 nitrogen and oxygen atoms in total. The molecular formula is C12H23N5S. The number of nitrogens with zero attached hydrogens (tertiary/aromatic N) is 4. The highest BCUT2D eigenvalue weighted by Gasteiger charge is 2.28. The van der Waals surface area contributed by atoms with Gasteiger partial charge in [-0.1, -0.05) is 20.8 Å². The molecule has 1 atom stereocenters. The minimum Gasteiger partial charge on any atom is -0.340 e. The third kappa shape index (κ3) is 2.81. The Labute approximate surface area is 113 Å². The van der Waals surface area contributed by atoms with Gasteiger partial charge >= 0.3 is 0 Å². The van der Waals surface area contributed by atoms with Gasteiger partial charge in [-0.05, 0) is 7.05 Å². The van der Waals surface area contributed by atoms with Crippen molar-refractivity contribution in [3.63, 3.8) is 0 Å². The van der Waals surface area contributed by atoms with Crippen LogP contribution in [0.15, 0.2) is 0 Å². The van der Waals surface area contributed by atoms with Gasteiger partial charge < -0.3 is 15.5 Å². The standard InChI is InChI=1S/C12H23N5S/c1-12(2,3)10-14-11(18-15-10)17-6-5-16(4)8-9(17)7-13/h9H,5-8,13H2,1-4H3. The second-order valence-electron chi connectivity index (χ2n) is 6.00. The molecule has 1 aliphatic rings. The van der Waals surface area contributed by atoms with Gasteiger partial charge in [0, 0.05) is 43.1 Å². The number of anilines is 1. The van der Waals surface area contributed by atoms with Crippen molar-refractivity contribution < 1.29 is 0 Å². The molecule has 0 radical (unpaired) electrons. The summed E-state index contributed by atoms with van der Waals surface area (Å²) in [7, 11) is 2.14. The van der Waals surface area contributed by atoms with Gasteiger partial charge in [0.15, 0.2) is 0 Å². The summed E-state index contributed by atoms with van der Waals surface area (Å²) in [6, 6.07) is 0.351. The number of piperazine rings is 1. The Morgan fingerprint density at radius 1 is 1.39 bits per heavy atom. The fourth-order valence-electron chi connectivity index (χ4n) is 2.10. The van der Waals surface area contributed by atoms with E-state index in [9.17, 15) is 0 Å². The van der Waals surface area contributed by atoms with E-state index >= 15 is 0 Å². The average molecular weight is 269 g/mol. The van der Waals surface area contributed by atoms with Crippen molar-refractivity contribution in [3.8, 4) is 0 Å². The van der Waals surface area contributed by atoms with Crippen LogP contribution in [0, 0.1) is 0 Å². The molecule has 2 rings (SSSR count). The van der Waals surface area contributed by atoms with Crippen LogP contribution in [-0.2, 0) is 5.41 Å². The van der Waals surface area contributed by atoms with E-state index in [-0.39, 0.29) is 5.41 Å². The fourth-order valence-corrected chi connectivity index (χ4v) is 3.06. The predicted octanol–water partition coefficient (Wildman–Crippen LogP) is 0.915. The quantitative estimate of drug-likeness (QED) is 0.865. The monoisotopic (exact) mass is 269 g/mol. The summed E-state index contributed by atoms with van der Waals surface area (Å²) in [4.78, 5) is 9.32. The van der Waals surface area contributed by atoms with Gasteiger partial charge in [-0.2, -0.15) is 4.37 Å². The summed E-state index contributed by atoms with van der Waals surface area (Å²) >= 11 is 1.49. The molecule has 1 unspecified atom stereocenters. The van der Waals surface area contributed by atoms with Gasteiger partial charge in [-0.3, -0.25) is 0 Å². The van der Waals surface area contributed by atoms with E-state index in [4.69, 9.17) is 5.73 Å². The highest BCUT2D eigenvalue weighted by Crippen LogP contribution is 2.27. The van der Waals surface area contributed by atoms with E-state index < -0.39 is 0 Å². The Morgan fingerprint density at radius 3 is 2.67 bits per heavy atom. The first-order valence-corrected chi connectivity index (χ1v) is 7.18. The van der Waals surface area contributed by atoms with Gasteiger partial charge in [0.05, 0.1) is 6.04 Å². The molecule has 0 amide bonds. The summed E-state index contributed by atoms with van der Waals surface area (Å²) in [6.07, 6.45) is 0. The lowest BCUT2D eigenvalue weighted by Crippen LogP contribution is -2.55. The van der Waals surface area contributed by atoms with Crippen molar-refractivity contribution in [1.82, 2.24) is 14.3 Å². The van der Waals surface area contributed by atoms with Crippen LogP contribution < -0.4 is 10.6 Å². The minimum absolute atomic E-state index is 0.0134. The van der Waals surface area contributed by atoms with Crippen LogP contribution in [0.3, 0.4) is 0 Å². The normalized spacial score (nSPS) is 22.5. The number of likely N-dealkylation sites (N-methyl/N-ethyl adjacent to an activating group) is 1. The Balaban J connectivity index is 2.17. The second-order valence-corrected chi connectivity index (χ2v) is 6.73. The maximum atomic E-state index is 5.87. The molecule has 102 valence electrons. The topological polar surface area (TPSA) is 58.3 Å². The molecule has 6 heteroatoms. The van der Waals surface area contributed by atoms with Gasteiger partial charge in [0.1, 0.15) is 5.82 Å². The molecule has 2 N–H and O–H groups in total. The van der Waals surface area contributed by atoms with Gasteiger partial charge in [0.25, 0.3) is 0 Å². The molecule has 1 aliphatic heterocycles. The van der Waals surface area contributed by atoms with Crippen LogP contribution in [0.25, 0.3) is 0 Å². The van der Waals surface area contributed by atoms with E-state index in [0.29, 0.717) is 12.6 Å². The van der Waals surface area contributed by atoms with E-state index in [0.717, 1.165) is 30.6 Å². The SMILES string of the molecule is CN1CCN(c2nc(C(C)(C)C)ns2)C(CN)C1. The Bertz CT molecular complexity index is 397. The van der Waals surface area contributed by atoms with Crippen molar-refractivity contribution in [1.29, 1.82) is 0 Å². The first-order chi connectivity index (χ1) is 8.41. The smallest absolute Gasteiger partial charge is 0.205 e. The van der Waals surface area contributed by atoms with E-state index in [1.165, 1.54) is 11.5 Å². The molecule has 18 heavy (non-hydrogen) atoms. The first-order valence-electron chi connectivity index (χ1n) is 6.41. The summed E-state index contributed by atoms with van der Waals surface area (Å²) in [6.45, 7) is 10.1. The maximum Gasteiger partial charge on any atom is 0.205 e. The third-order valence-electron chi connectivity index (χ3n) is 3.29. The molecule has 0 bridgehead atoms. The predicted molar refractivity (Wildman–Crippen MR) is 76.3 cm³/mol. The van der Waals surface area contributed by atoms with Crippen LogP contribution >= 0.6 is 11.5 Å². The molecule has 1 aromatic heterocycles. The zero-order valence-electron chi connectivity index (χ0n) is 11.7. The van der Waals surface area contributed by atoms with Crippen molar-refractivity contribution in [2.24, 2.45) is 5.73 Å². The molecular weight excluding hydrogens is 246 g/mol. The largest absolute Gasteiger partial charge is 0.340 e.